The average molecular weight is 292 g/mol. The van der Waals surface area contributed by atoms with E-state index in [1.807, 2.05) is 12.1 Å². The molecule has 3 heteroatoms. The van der Waals surface area contributed by atoms with Gasteiger partial charge in [-0.25, -0.2) is 4.39 Å². The summed E-state index contributed by atoms with van der Waals surface area (Å²) in [6.45, 7) is 13.5. The Kier molecular flexibility index (Phi) is 4.74. The molecular weight excluding hydrogens is 263 g/mol. The van der Waals surface area contributed by atoms with Gasteiger partial charge in [-0.15, -0.1) is 0 Å². The molecule has 0 aromatic heterocycles. The largest absolute Gasteiger partial charge is 0.308 e. The molecule has 0 amide bonds. The molecule has 0 saturated carbocycles. The van der Waals surface area contributed by atoms with Gasteiger partial charge in [0.25, 0.3) is 0 Å². The Morgan fingerprint density at radius 3 is 2.57 bits per heavy atom. The molecule has 1 aromatic carbocycles. The predicted octanol–water partition coefficient (Wildman–Crippen LogP) is 4.09. The lowest BCUT2D eigenvalue weighted by Crippen LogP contribution is -2.37. The zero-order valence-electron chi connectivity index (χ0n) is 14.1. The summed E-state index contributed by atoms with van der Waals surface area (Å²) < 4.78 is 14.1. The van der Waals surface area contributed by atoms with Crippen LogP contribution in [0.5, 0.6) is 0 Å². The highest BCUT2D eigenvalue weighted by Crippen LogP contribution is 2.30. The van der Waals surface area contributed by atoms with E-state index in [0.717, 1.165) is 24.2 Å². The van der Waals surface area contributed by atoms with Crippen molar-refractivity contribution >= 4 is 0 Å². The third kappa shape index (κ3) is 4.52. The van der Waals surface area contributed by atoms with Crippen LogP contribution < -0.4 is 5.32 Å². The van der Waals surface area contributed by atoms with Crippen molar-refractivity contribution in [1.82, 2.24) is 10.2 Å². The molecular formula is C18H29FN2. The van der Waals surface area contributed by atoms with Gasteiger partial charge in [0.1, 0.15) is 5.82 Å². The van der Waals surface area contributed by atoms with Gasteiger partial charge in [-0.2, -0.15) is 0 Å². The number of nitrogens with zero attached hydrogens (tertiary/aromatic N) is 1. The van der Waals surface area contributed by atoms with E-state index < -0.39 is 0 Å². The Morgan fingerprint density at radius 1 is 1.29 bits per heavy atom. The number of rotatable bonds is 4. The van der Waals surface area contributed by atoms with Crippen LogP contribution in [-0.4, -0.2) is 22.5 Å². The van der Waals surface area contributed by atoms with Crippen molar-refractivity contribution in [3.63, 3.8) is 0 Å². The van der Waals surface area contributed by atoms with Crippen LogP contribution in [0.15, 0.2) is 18.2 Å². The number of halogens is 1. The molecule has 21 heavy (non-hydrogen) atoms. The van der Waals surface area contributed by atoms with Gasteiger partial charge in [-0.3, -0.25) is 4.90 Å². The lowest BCUT2D eigenvalue weighted by Gasteiger charge is -2.31. The van der Waals surface area contributed by atoms with Crippen molar-refractivity contribution in [1.29, 1.82) is 0 Å². The van der Waals surface area contributed by atoms with Crippen molar-refractivity contribution in [2.75, 3.05) is 6.54 Å². The van der Waals surface area contributed by atoms with E-state index in [1.54, 1.807) is 6.07 Å². The Hall–Kier alpha value is -0.930. The first kappa shape index (κ1) is 16.4. The van der Waals surface area contributed by atoms with Crippen LogP contribution in [0, 0.1) is 5.82 Å². The third-order valence-electron chi connectivity index (χ3n) is 4.37. The van der Waals surface area contributed by atoms with E-state index in [2.05, 4.69) is 44.8 Å². The average Bonchev–Trinajstić information content (AvgIpc) is 2.69. The van der Waals surface area contributed by atoms with E-state index in [9.17, 15) is 4.39 Å². The van der Waals surface area contributed by atoms with E-state index >= 15 is 0 Å². The number of likely N-dealkylation sites (tertiary alicyclic amines) is 1. The Morgan fingerprint density at radius 2 is 2.00 bits per heavy atom. The Labute approximate surface area is 128 Å². The van der Waals surface area contributed by atoms with E-state index in [0.29, 0.717) is 6.54 Å². The fourth-order valence-corrected chi connectivity index (χ4v) is 2.89. The second kappa shape index (κ2) is 6.05. The van der Waals surface area contributed by atoms with Crippen LogP contribution in [0.1, 0.15) is 58.6 Å². The second-order valence-electron chi connectivity index (χ2n) is 7.87. The molecule has 1 aliphatic rings. The molecule has 1 saturated heterocycles. The van der Waals surface area contributed by atoms with Crippen LogP contribution >= 0.6 is 0 Å². The molecule has 1 fully saturated rings. The SMILES string of the molecule is CC(C)(C)NCc1ccc(F)c(CN2CCCC2(C)C)c1. The topological polar surface area (TPSA) is 15.3 Å². The van der Waals surface area contributed by atoms with Crippen molar-refractivity contribution in [2.45, 2.75) is 71.6 Å². The monoisotopic (exact) mass is 292 g/mol. The summed E-state index contributed by atoms with van der Waals surface area (Å²) in [5.74, 6) is -0.0859. The molecule has 2 rings (SSSR count). The van der Waals surface area contributed by atoms with Gasteiger partial charge >= 0.3 is 0 Å². The zero-order valence-corrected chi connectivity index (χ0v) is 14.1. The molecule has 1 heterocycles. The molecule has 1 aliphatic heterocycles. The number of hydrogen-bond donors (Lipinski definition) is 1. The van der Waals surface area contributed by atoms with E-state index in [-0.39, 0.29) is 16.9 Å². The molecule has 0 atom stereocenters. The van der Waals surface area contributed by atoms with Gasteiger partial charge in [0.15, 0.2) is 0 Å². The van der Waals surface area contributed by atoms with Gasteiger partial charge in [-0.1, -0.05) is 12.1 Å². The van der Waals surface area contributed by atoms with Crippen molar-refractivity contribution in [2.24, 2.45) is 0 Å². The number of nitrogens with one attached hydrogen (secondary N) is 1. The van der Waals surface area contributed by atoms with Gasteiger partial charge in [0.05, 0.1) is 0 Å². The maximum atomic E-state index is 14.1. The van der Waals surface area contributed by atoms with E-state index in [4.69, 9.17) is 0 Å². The fourth-order valence-electron chi connectivity index (χ4n) is 2.89. The number of benzene rings is 1. The van der Waals surface area contributed by atoms with Crippen LogP contribution in [-0.2, 0) is 13.1 Å². The van der Waals surface area contributed by atoms with Crippen LogP contribution in [0.3, 0.4) is 0 Å². The predicted molar refractivity (Wildman–Crippen MR) is 86.7 cm³/mol. The molecule has 0 bridgehead atoms. The summed E-state index contributed by atoms with van der Waals surface area (Å²) >= 11 is 0. The van der Waals surface area contributed by atoms with Crippen molar-refractivity contribution in [3.05, 3.63) is 35.1 Å². The van der Waals surface area contributed by atoms with Crippen molar-refractivity contribution in [3.8, 4) is 0 Å². The molecule has 118 valence electrons. The van der Waals surface area contributed by atoms with Gasteiger partial charge in [-0.05, 0) is 65.6 Å². The van der Waals surface area contributed by atoms with Gasteiger partial charge < -0.3 is 5.32 Å². The fraction of sp³-hybridized carbons (Fsp3) is 0.667. The minimum absolute atomic E-state index is 0.0749. The van der Waals surface area contributed by atoms with Gasteiger partial charge in [0, 0.05) is 29.7 Å². The zero-order chi connectivity index (χ0) is 15.7. The lowest BCUT2D eigenvalue weighted by atomic mass is 10.0. The molecule has 0 aliphatic carbocycles. The highest BCUT2D eigenvalue weighted by atomic mass is 19.1. The smallest absolute Gasteiger partial charge is 0.127 e. The summed E-state index contributed by atoms with van der Waals surface area (Å²) in [6, 6.07) is 5.51. The standard InChI is InChI=1S/C18H29FN2/c1-17(2,3)20-12-14-7-8-16(19)15(11-14)13-21-10-6-9-18(21,4)5/h7-8,11,20H,6,9-10,12-13H2,1-5H3. The van der Waals surface area contributed by atoms with Crippen molar-refractivity contribution < 1.29 is 4.39 Å². The summed E-state index contributed by atoms with van der Waals surface area (Å²) in [7, 11) is 0. The highest BCUT2D eigenvalue weighted by molar-refractivity contribution is 5.25. The summed E-state index contributed by atoms with van der Waals surface area (Å²) in [5, 5.41) is 3.46. The Balaban J connectivity index is 2.09. The minimum Gasteiger partial charge on any atom is -0.308 e. The quantitative estimate of drug-likeness (QED) is 0.899. The lowest BCUT2D eigenvalue weighted by molar-refractivity contribution is 0.164. The molecule has 0 radical (unpaired) electrons. The first-order valence-corrected chi connectivity index (χ1v) is 7.95. The molecule has 1 aromatic rings. The number of hydrogen-bond acceptors (Lipinski definition) is 2. The highest BCUT2D eigenvalue weighted by Gasteiger charge is 2.32. The van der Waals surface area contributed by atoms with Crippen LogP contribution in [0.25, 0.3) is 0 Å². The summed E-state index contributed by atoms with van der Waals surface area (Å²) in [5.41, 5.74) is 2.23. The Bertz CT molecular complexity index is 488. The van der Waals surface area contributed by atoms with Crippen LogP contribution in [0.4, 0.5) is 4.39 Å². The maximum Gasteiger partial charge on any atom is 0.127 e. The first-order chi connectivity index (χ1) is 9.67. The van der Waals surface area contributed by atoms with Gasteiger partial charge in [0.2, 0.25) is 0 Å². The van der Waals surface area contributed by atoms with Crippen LogP contribution in [0.2, 0.25) is 0 Å². The summed E-state index contributed by atoms with van der Waals surface area (Å²) in [6.07, 6.45) is 2.40. The normalized spacial score (nSPS) is 19.1. The molecule has 1 N–H and O–H groups in total. The summed E-state index contributed by atoms with van der Waals surface area (Å²) in [4.78, 5) is 2.40. The second-order valence-corrected chi connectivity index (χ2v) is 7.87. The molecule has 0 spiro atoms. The third-order valence-corrected chi connectivity index (χ3v) is 4.37. The minimum atomic E-state index is -0.0859. The molecule has 2 nitrogen and oxygen atoms in total. The maximum absolute atomic E-state index is 14.1. The first-order valence-electron chi connectivity index (χ1n) is 7.95. The van der Waals surface area contributed by atoms with E-state index in [1.165, 1.54) is 12.8 Å². The molecule has 0 unspecified atom stereocenters.